The number of aromatic nitrogens is 3. The molecule has 2 N–H and O–H groups in total. The van der Waals surface area contributed by atoms with Gasteiger partial charge in [0.1, 0.15) is 16.8 Å². The maximum Gasteiger partial charge on any atom is 0.308 e. The number of carboxylic acid groups (broad SMARTS) is 1. The number of nitrogens with zero attached hydrogens (tertiary/aromatic N) is 3. The summed E-state index contributed by atoms with van der Waals surface area (Å²) in [5.41, 5.74) is 2.52. The molecule has 0 aliphatic carbocycles. The van der Waals surface area contributed by atoms with Crippen molar-refractivity contribution in [3.8, 4) is 5.82 Å². The molecule has 2 aromatic heterocycles. The van der Waals surface area contributed by atoms with E-state index in [9.17, 15) is 14.7 Å². The average molecular weight is 497 g/mol. The normalized spacial score (nSPS) is 10.9. The van der Waals surface area contributed by atoms with Gasteiger partial charge >= 0.3 is 5.97 Å². The Labute approximate surface area is 212 Å². The van der Waals surface area contributed by atoms with Crippen molar-refractivity contribution in [3.63, 3.8) is 0 Å². The summed E-state index contributed by atoms with van der Waals surface area (Å²) < 4.78 is 1.72. The molecule has 5 rings (SSSR count). The summed E-state index contributed by atoms with van der Waals surface area (Å²) in [6.07, 6.45) is 3.67. The third-order valence-electron chi connectivity index (χ3n) is 5.74. The molecule has 2 heterocycles. The van der Waals surface area contributed by atoms with Crippen molar-refractivity contribution >= 4 is 39.9 Å². The first kappa shape index (κ1) is 23.3. The fourth-order valence-corrected chi connectivity index (χ4v) is 4.23. The Hall–Kier alpha value is -4.49. The van der Waals surface area contributed by atoms with Gasteiger partial charge in [-0.15, -0.1) is 0 Å². The van der Waals surface area contributed by atoms with Crippen molar-refractivity contribution in [2.24, 2.45) is 0 Å². The van der Waals surface area contributed by atoms with Crippen molar-refractivity contribution in [1.82, 2.24) is 14.5 Å². The van der Waals surface area contributed by atoms with Crippen molar-refractivity contribution in [2.75, 3.05) is 5.32 Å². The highest BCUT2D eigenvalue weighted by molar-refractivity contribution is 6.30. The van der Waals surface area contributed by atoms with Gasteiger partial charge < -0.3 is 15.0 Å². The van der Waals surface area contributed by atoms with Crippen molar-refractivity contribution < 1.29 is 14.7 Å². The Balaban J connectivity index is 1.33. The van der Waals surface area contributed by atoms with Crippen LogP contribution in [0.4, 0.5) is 5.69 Å². The lowest BCUT2D eigenvalue weighted by Gasteiger charge is -2.12. The quantitative estimate of drug-likeness (QED) is 0.288. The number of amides is 1. The van der Waals surface area contributed by atoms with E-state index in [1.807, 2.05) is 78.9 Å². The minimum atomic E-state index is -1.01. The van der Waals surface area contributed by atoms with Gasteiger partial charge in [0, 0.05) is 35.6 Å². The highest BCUT2D eigenvalue weighted by Crippen LogP contribution is 2.23. The summed E-state index contributed by atoms with van der Waals surface area (Å²) in [6, 6.07) is 24.6. The SMILES string of the molecule is O=C(O)Cc1c(Cl)nc(Cc2ccc(NC(=O)c3ccc4ccccc4c3)cc2)nc1-n1cccc1. The van der Waals surface area contributed by atoms with E-state index in [-0.39, 0.29) is 17.5 Å². The minimum absolute atomic E-state index is 0.116. The first-order chi connectivity index (χ1) is 17.5. The molecule has 0 atom stereocenters. The molecule has 3 aromatic carbocycles. The van der Waals surface area contributed by atoms with Crippen LogP contribution in [0.3, 0.4) is 0 Å². The average Bonchev–Trinajstić information content (AvgIpc) is 3.41. The Morgan fingerprint density at radius 1 is 0.889 bits per heavy atom. The van der Waals surface area contributed by atoms with Crippen LogP contribution in [0.2, 0.25) is 5.15 Å². The maximum absolute atomic E-state index is 12.7. The van der Waals surface area contributed by atoms with Gasteiger partial charge in [-0.25, -0.2) is 9.97 Å². The molecule has 0 fully saturated rings. The molecule has 7 nitrogen and oxygen atoms in total. The Bertz CT molecular complexity index is 1560. The first-order valence-corrected chi connectivity index (χ1v) is 11.6. The Morgan fingerprint density at radius 2 is 1.61 bits per heavy atom. The van der Waals surface area contributed by atoms with Gasteiger partial charge in [-0.3, -0.25) is 9.59 Å². The molecule has 0 radical (unpaired) electrons. The van der Waals surface area contributed by atoms with Crippen molar-refractivity contribution in [1.29, 1.82) is 0 Å². The molecule has 5 aromatic rings. The third kappa shape index (κ3) is 5.11. The molecule has 0 unspecified atom stereocenters. The number of benzene rings is 3. The predicted molar refractivity (Wildman–Crippen MR) is 139 cm³/mol. The largest absolute Gasteiger partial charge is 0.481 e. The van der Waals surface area contributed by atoms with Gasteiger partial charge in [0.2, 0.25) is 0 Å². The first-order valence-electron chi connectivity index (χ1n) is 11.3. The van der Waals surface area contributed by atoms with E-state index in [4.69, 9.17) is 11.6 Å². The van der Waals surface area contributed by atoms with Crippen LogP contribution < -0.4 is 5.32 Å². The van der Waals surface area contributed by atoms with E-state index in [2.05, 4.69) is 15.3 Å². The van der Waals surface area contributed by atoms with E-state index in [0.29, 0.717) is 34.9 Å². The highest BCUT2D eigenvalue weighted by Gasteiger charge is 2.17. The monoisotopic (exact) mass is 496 g/mol. The molecule has 0 saturated carbocycles. The number of carboxylic acids is 1. The molecule has 8 heteroatoms. The Kier molecular flexibility index (Phi) is 6.47. The van der Waals surface area contributed by atoms with Gasteiger partial charge in [0.15, 0.2) is 0 Å². The van der Waals surface area contributed by atoms with Crippen molar-refractivity contribution in [3.05, 3.63) is 119 Å². The molecule has 0 bridgehead atoms. The number of aliphatic carboxylic acids is 1. The van der Waals surface area contributed by atoms with Gasteiger partial charge in [-0.05, 0) is 52.7 Å². The molecule has 0 aliphatic rings. The van der Waals surface area contributed by atoms with Crippen molar-refractivity contribution in [2.45, 2.75) is 12.8 Å². The fourth-order valence-electron chi connectivity index (χ4n) is 3.98. The van der Waals surface area contributed by atoms with E-state index < -0.39 is 5.97 Å². The van der Waals surface area contributed by atoms with E-state index in [1.54, 1.807) is 17.0 Å². The zero-order valence-corrected chi connectivity index (χ0v) is 19.8. The number of carbonyl (C=O) groups is 2. The lowest BCUT2D eigenvalue weighted by atomic mass is 10.1. The number of hydrogen-bond donors (Lipinski definition) is 2. The second kappa shape index (κ2) is 10.0. The van der Waals surface area contributed by atoms with Crippen LogP contribution in [0.25, 0.3) is 16.6 Å². The number of hydrogen-bond acceptors (Lipinski definition) is 4. The molecular weight excluding hydrogens is 476 g/mol. The van der Waals surface area contributed by atoms with Crippen LogP contribution in [0, 0.1) is 0 Å². The summed E-state index contributed by atoms with van der Waals surface area (Å²) in [5.74, 6) is -0.292. The maximum atomic E-state index is 12.7. The fraction of sp³-hybridized carbons (Fsp3) is 0.0714. The number of nitrogens with one attached hydrogen (secondary N) is 1. The van der Waals surface area contributed by atoms with Gasteiger partial charge in [0.05, 0.1) is 6.42 Å². The minimum Gasteiger partial charge on any atom is -0.481 e. The second-order valence-corrected chi connectivity index (χ2v) is 8.64. The van der Waals surface area contributed by atoms with Gasteiger partial charge in [-0.1, -0.05) is 54.1 Å². The predicted octanol–water partition coefficient (Wildman–Crippen LogP) is 5.54. The van der Waals surface area contributed by atoms with E-state index in [1.165, 1.54) is 0 Å². The lowest BCUT2D eigenvalue weighted by molar-refractivity contribution is -0.136. The summed E-state index contributed by atoms with van der Waals surface area (Å²) in [7, 11) is 0. The number of rotatable bonds is 7. The lowest BCUT2D eigenvalue weighted by Crippen LogP contribution is -2.12. The summed E-state index contributed by atoms with van der Waals surface area (Å²) in [4.78, 5) is 33.0. The highest BCUT2D eigenvalue weighted by atomic mass is 35.5. The summed E-state index contributed by atoms with van der Waals surface area (Å²) in [6.45, 7) is 0. The van der Waals surface area contributed by atoms with Gasteiger partial charge in [0.25, 0.3) is 5.91 Å². The van der Waals surface area contributed by atoms with Crippen LogP contribution in [-0.2, 0) is 17.6 Å². The molecule has 36 heavy (non-hydrogen) atoms. The third-order valence-corrected chi connectivity index (χ3v) is 6.06. The van der Waals surface area contributed by atoms with E-state index >= 15 is 0 Å². The molecule has 0 aliphatic heterocycles. The molecule has 1 amide bonds. The van der Waals surface area contributed by atoms with Crippen LogP contribution in [-0.4, -0.2) is 31.5 Å². The van der Waals surface area contributed by atoms with E-state index in [0.717, 1.165) is 16.3 Å². The molecule has 0 saturated heterocycles. The molecular formula is C28H21ClN4O3. The smallest absolute Gasteiger partial charge is 0.308 e. The zero-order chi connectivity index (χ0) is 25.1. The topological polar surface area (TPSA) is 97.1 Å². The summed E-state index contributed by atoms with van der Waals surface area (Å²) in [5, 5.41) is 14.4. The Morgan fingerprint density at radius 3 is 2.33 bits per heavy atom. The molecule has 178 valence electrons. The molecule has 0 spiro atoms. The van der Waals surface area contributed by atoms with Crippen LogP contribution >= 0.6 is 11.6 Å². The number of fused-ring (bicyclic) bond motifs is 1. The zero-order valence-electron chi connectivity index (χ0n) is 19.1. The van der Waals surface area contributed by atoms with Crippen LogP contribution in [0.1, 0.15) is 27.3 Å². The number of halogens is 1. The summed E-state index contributed by atoms with van der Waals surface area (Å²) >= 11 is 6.36. The number of anilines is 1. The second-order valence-electron chi connectivity index (χ2n) is 8.28. The standard InChI is InChI=1S/C28H21ClN4O3/c29-26-23(17-25(34)35)27(33-13-3-4-14-33)32-24(31-26)15-18-7-11-22(12-8-18)30-28(36)21-10-9-19-5-1-2-6-20(19)16-21/h1-14,16H,15,17H2,(H,30,36)(H,34,35). The van der Waals surface area contributed by atoms with Crippen LogP contribution in [0.5, 0.6) is 0 Å². The van der Waals surface area contributed by atoms with Crippen LogP contribution in [0.15, 0.2) is 91.3 Å². The number of carbonyl (C=O) groups excluding carboxylic acids is 1. The van der Waals surface area contributed by atoms with Gasteiger partial charge in [-0.2, -0.15) is 0 Å².